The van der Waals surface area contributed by atoms with Gasteiger partial charge < -0.3 is 10.6 Å². The molecule has 2 heterocycles. The maximum absolute atomic E-state index is 13.7. The van der Waals surface area contributed by atoms with E-state index < -0.39 is 0 Å². The average molecular weight is 516 g/mol. The third-order valence-corrected chi connectivity index (χ3v) is 4.87. The van der Waals surface area contributed by atoms with Gasteiger partial charge in [0.2, 0.25) is 0 Å². The van der Waals surface area contributed by atoms with E-state index in [1.54, 1.807) is 22.2 Å². The van der Waals surface area contributed by atoms with Crippen LogP contribution in [0.4, 0.5) is 4.39 Å². The Kier molecular flexibility index (Phi) is 9.12. The number of nitrogens with one attached hydrogen (secondary N) is 2. The quantitative estimate of drug-likeness (QED) is 0.257. The number of hydrogen-bond acceptors (Lipinski definition) is 3. The van der Waals surface area contributed by atoms with E-state index in [9.17, 15) is 9.18 Å². The topological polar surface area (TPSA) is 76.2 Å². The van der Waals surface area contributed by atoms with Gasteiger partial charge in [-0.3, -0.25) is 4.57 Å². The van der Waals surface area contributed by atoms with Gasteiger partial charge in [0.15, 0.2) is 5.96 Å². The summed E-state index contributed by atoms with van der Waals surface area (Å²) in [5.74, 6) is 1.38. The third kappa shape index (κ3) is 6.28. The number of rotatable bonds is 7. The highest BCUT2D eigenvalue weighted by Gasteiger charge is 2.16. The first-order chi connectivity index (χ1) is 13.6. The summed E-state index contributed by atoms with van der Waals surface area (Å²) in [6.07, 6.45) is 3.80. The Bertz CT molecular complexity index is 892. The summed E-state index contributed by atoms with van der Waals surface area (Å²) in [4.78, 5) is 16.8. The highest BCUT2D eigenvalue weighted by molar-refractivity contribution is 14.0. The lowest BCUT2D eigenvalue weighted by atomic mass is 10.1. The van der Waals surface area contributed by atoms with Crippen LogP contribution in [0.5, 0.6) is 0 Å². The van der Waals surface area contributed by atoms with Crippen LogP contribution in [0, 0.1) is 12.7 Å². The third-order valence-electron chi connectivity index (χ3n) is 4.87. The maximum Gasteiger partial charge on any atom is 0.345 e. The van der Waals surface area contributed by atoms with Gasteiger partial charge >= 0.3 is 5.69 Å². The molecule has 1 aliphatic heterocycles. The van der Waals surface area contributed by atoms with Crippen LogP contribution in [0.1, 0.15) is 43.1 Å². The van der Waals surface area contributed by atoms with Gasteiger partial charge in [0.1, 0.15) is 11.6 Å². The first-order valence-electron chi connectivity index (χ1n) is 10.0. The van der Waals surface area contributed by atoms with Gasteiger partial charge in [-0.15, -0.1) is 24.0 Å². The Labute approximate surface area is 187 Å². The van der Waals surface area contributed by atoms with E-state index in [-0.39, 0.29) is 35.5 Å². The zero-order valence-corrected chi connectivity index (χ0v) is 19.4. The first kappa shape index (κ1) is 23.4. The summed E-state index contributed by atoms with van der Waals surface area (Å²) >= 11 is 0. The van der Waals surface area contributed by atoms with E-state index in [0.717, 1.165) is 50.2 Å². The molecule has 0 spiro atoms. The molecule has 0 fully saturated rings. The molecule has 1 aliphatic rings. The summed E-state index contributed by atoms with van der Waals surface area (Å²) in [6.45, 7) is 6.91. The Balaban J connectivity index is 0.00000300. The van der Waals surface area contributed by atoms with Crippen molar-refractivity contribution in [2.75, 3.05) is 13.1 Å². The molecule has 29 heavy (non-hydrogen) atoms. The Hall–Kier alpha value is -1.91. The largest absolute Gasteiger partial charge is 0.357 e. The Morgan fingerprint density at radius 3 is 2.86 bits per heavy atom. The Morgan fingerprint density at radius 1 is 1.31 bits per heavy atom. The van der Waals surface area contributed by atoms with Gasteiger partial charge in [0, 0.05) is 32.6 Å². The Morgan fingerprint density at radius 2 is 2.14 bits per heavy atom. The zero-order valence-electron chi connectivity index (χ0n) is 17.1. The van der Waals surface area contributed by atoms with Crippen LogP contribution in [0.25, 0.3) is 0 Å². The molecule has 0 atom stereocenters. The van der Waals surface area contributed by atoms with Crippen molar-refractivity contribution in [3.8, 4) is 0 Å². The van der Waals surface area contributed by atoms with Crippen molar-refractivity contribution in [2.45, 2.75) is 59.2 Å². The van der Waals surface area contributed by atoms with Crippen LogP contribution in [-0.4, -0.2) is 33.4 Å². The van der Waals surface area contributed by atoms with Crippen LogP contribution in [-0.2, 0) is 26.1 Å². The van der Waals surface area contributed by atoms with E-state index in [2.05, 4.69) is 20.7 Å². The van der Waals surface area contributed by atoms with Crippen LogP contribution in [0.3, 0.4) is 0 Å². The van der Waals surface area contributed by atoms with Gasteiger partial charge in [-0.05, 0) is 50.3 Å². The summed E-state index contributed by atoms with van der Waals surface area (Å²) < 4.78 is 17.0. The number of halogens is 2. The lowest BCUT2D eigenvalue weighted by Crippen LogP contribution is -2.38. The minimum Gasteiger partial charge on any atom is -0.357 e. The first-order valence-corrected chi connectivity index (χ1v) is 10.0. The predicted octanol–water partition coefficient (Wildman–Crippen LogP) is 2.59. The standard InChI is InChI=1S/C20H29FN6O.HI/c1-3-22-19(24-14-16-9-8-15(2)17(21)13-16)23-10-6-12-27-20(28)26-11-5-4-7-18(26)25-27;/h8-9,13H,3-7,10-12,14H2,1-2H3,(H2,22,23,24);1H. The fourth-order valence-electron chi connectivity index (χ4n) is 3.28. The molecule has 7 nitrogen and oxygen atoms in total. The fourth-order valence-corrected chi connectivity index (χ4v) is 3.28. The monoisotopic (exact) mass is 516 g/mol. The lowest BCUT2D eigenvalue weighted by Gasteiger charge is -2.11. The molecule has 3 rings (SSSR count). The van der Waals surface area contributed by atoms with Crippen LogP contribution in [0.15, 0.2) is 28.0 Å². The number of aliphatic imine (C=N–C) groups is 1. The molecule has 0 saturated carbocycles. The van der Waals surface area contributed by atoms with Gasteiger partial charge in [-0.2, -0.15) is 5.10 Å². The lowest BCUT2D eigenvalue weighted by molar-refractivity contribution is 0.509. The summed E-state index contributed by atoms with van der Waals surface area (Å²) in [7, 11) is 0. The van der Waals surface area contributed by atoms with Crippen molar-refractivity contribution < 1.29 is 4.39 Å². The van der Waals surface area contributed by atoms with Crippen LogP contribution in [0.2, 0.25) is 0 Å². The molecule has 1 aromatic heterocycles. The molecule has 0 bridgehead atoms. The highest BCUT2D eigenvalue weighted by atomic mass is 127. The molecule has 0 saturated heterocycles. The minimum absolute atomic E-state index is 0. The van der Waals surface area contributed by atoms with E-state index >= 15 is 0 Å². The second-order valence-electron chi connectivity index (χ2n) is 7.09. The molecular formula is C20H30FIN6O. The normalized spacial score (nSPS) is 13.6. The van der Waals surface area contributed by atoms with Crippen molar-refractivity contribution in [3.05, 3.63) is 51.5 Å². The summed E-state index contributed by atoms with van der Waals surface area (Å²) in [5.41, 5.74) is 1.46. The minimum atomic E-state index is -0.209. The zero-order chi connectivity index (χ0) is 19.9. The SMILES string of the molecule is CCNC(=NCc1ccc(C)c(F)c1)NCCCn1nc2n(c1=O)CCCC2.I. The second kappa shape index (κ2) is 11.3. The molecular weight excluding hydrogens is 486 g/mol. The summed E-state index contributed by atoms with van der Waals surface area (Å²) in [6, 6.07) is 5.18. The second-order valence-corrected chi connectivity index (χ2v) is 7.09. The number of hydrogen-bond donors (Lipinski definition) is 2. The maximum atomic E-state index is 13.7. The van der Waals surface area contributed by atoms with Crippen molar-refractivity contribution in [1.82, 2.24) is 25.0 Å². The van der Waals surface area contributed by atoms with Crippen LogP contribution >= 0.6 is 24.0 Å². The van der Waals surface area contributed by atoms with E-state index in [1.165, 1.54) is 6.07 Å². The van der Waals surface area contributed by atoms with Gasteiger partial charge in [-0.25, -0.2) is 18.9 Å². The molecule has 0 radical (unpaired) electrons. The van der Waals surface area contributed by atoms with Crippen molar-refractivity contribution in [1.29, 1.82) is 0 Å². The number of benzene rings is 1. The van der Waals surface area contributed by atoms with Gasteiger partial charge in [0.05, 0.1) is 6.54 Å². The molecule has 9 heteroatoms. The molecule has 0 unspecified atom stereocenters. The van der Waals surface area contributed by atoms with Crippen molar-refractivity contribution >= 4 is 29.9 Å². The number of fused-ring (bicyclic) bond motifs is 1. The number of aryl methyl sites for hydroxylation is 3. The fraction of sp³-hybridized carbons (Fsp3) is 0.550. The van der Waals surface area contributed by atoms with Crippen molar-refractivity contribution in [2.24, 2.45) is 4.99 Å². The molecule has 0 amide bonds. The smallest absolute Gasteiger partial charge is 0.345 e. The highest BCUT2D eigenvalue weighted by Crippen LogP contribution is 2.10. The number of aromatic nitrogens is 3. The molecule has 2 aromatic rings. The molecule has 160 valence electrons. The van der Waals surface area contributed by atoms with E-state index in [0.29, 0.717) is 31.2 Å². The van der Waals surface area contributed by atoms with Crippen molar-refractivity contribution in [3.63, 3.8) is 0 Å². The van der Waals surface area contributed by atoms with E-state index in [4.69, 9.17) is 0 Å². The molecule has 2 N–H and O–H groups in total. The van der Waals surface area contributed by atoms with Gasteiger partial charge in [-0.1, -0.05) is 12.1 Å². The average Bonchev–Trinajstić information content (AvgIpc) is 3.02. The van der Waals surface area contributed by atoms with E-state index in [1.807, 2.05) is 13.0 Å². The van der Waals surface area contributed by atoms with Gasteiger partial charge in [0.25, 0.3) is 0 Å². The number of guanidine groups is 1. The predicted molar refractivity (Wildman–Crippen MR) is 123 cm³/mol. The molecule has 0 aliphatic carbocycles. The molecule has 1 aromatic carbocycles. The van der Waals surface area contributed by atoms with Crippen LogP contribution < -0.4 is 16.3 Å². The number of nitrogens with zero attached hydrogens (tertiary/aromatic N) is 4. The summed E-state index contributed by atoms with van der Waals surface area (Å²) in [5, 5.41) is 10.9.